The van der Waals surface area contributed by atoms with E-state index in [1.54, 1.807) is 7.11 Å². The van der Waals surface area contributed by atoms with Gasteiger partial charge in [-0.25, -0.2) is 0 Å². The molecule has 0 aromatic heterocycles. The maximum Gasteiger partial charge on any atom is 0.126 e. The minimum Gasteiger partial charge on any atom is -0.497 e. The van der Waals surface area contributed by atoms with Gasteiger partial charge in [-0.3, -0.25) is 4.90 Å². The van der Waals surface area contributed by atoms with Crippen LogP contribution in [0.25, 0.3) is 0 Å². The van der Waals surface area contributed by atoms with Crippen LogP contribution < -0.4 is 14.8 Å². The van der Waals surface area contributed by atoms with Crippen LogP contribution in [0.2, 0.25) is 0 Å². The SMILES string of the molecule is COc1ccc2c(c1)OCC(NC1CCN(C3CC3)C1)C2. The molecule has 2 heterocycles. The number of hydrogen-bond acceptors (Lipinski definition) is 4. The van der Waals surface area contributed by atoms with Gasteiger partial charge in [0.15, 0.2) is 0 Å². The average molecular weight is 288 g/mol. The second kappa shape index (κ2) is 5.50. The summed E-state index contributed by atoms with van der Waals surface area (Å²) in [4.78, 5) is 2.65. The third kappa shape index (κ3) is 2.87. The highest BCUT2D eigenvalue weighted by molar-refractivity contribution is 5.42. The number of nitrogens with zero attached hydrogens (tertiary/aromatic N) is 1. The molecule has 4 heteroatoms. The molecule has 4 nitrogen and oxygen atoms in total. The van der Waals surface area contributed by atoms with Crippen LogP contribution in [-0.2, 0) is 6.42 Å². The first kappa shape index (κ1) is 13.4. The van der Waals surface area contributed by atoms with Crippen molar-refractivity contribution in [2.45, 2.75) is 43.8 Å². The fourth-order valence-corrected chi connectivity index (χ4v) is 3.61. The normalized spacial score (nSPS) is 29.0. The lowest BCUT2D eigenvalue weighted by atomic mass is 10.0. The number of methoxy groups -OCH3 is 1. The first-order valence-corrected chi connectivity index (χ1v) is 8.11. The lowest BCUT2D eigenvalue weighted by molar-refractivity contribution is 0.223. The van der Waals surface area contributed by atoms with Crippen LogP contribution in [-0.4, -0.2) is 49.8 Å². The number of ether oxygens (including phenoxy) is 2. The van der Waals surface area contributed by atoms with Crippen LogP contribution in [0.3, 0.4) is 0 Å². The van der Waals surface area contributed by atoms with Crippen LogP contribution in [0.1, 0.15) is 24.8 Å². The van der Waals surface area contributed by atoms with E-state index in [9.17, 15) is 0 Å². The standard InChI is InChI=1S/C17H24N2O2/c1-20-16-5-2-12-8-14(11-21-17(12)9-16)18-13-6-7-19(10-13)15-3-4-15/h2,5,9,13-15,18H,3-4,6-8,10-11H2,1H3. The summed E-state index contributed by atoms with van der Waals surface area (Å²) in [6.45, 7) is 3.25. The van der Waals surface area contributed by atoms with Crippen molar-refractivity contribution in [3.05, 3.63) is 23.8 Å². The maximum absolute atomic E-state index is 5.92. The Hall–Kier alpha value is -1.26. The van der Waals surface area contributed by atoms with E-state index in [1.165, 1.54) is 37.9 Å². The van der Waals surface area contributed by atoms with E-state index in [0.717, 1.165) is 30.6 Å². The predicted molar refractivity (Wildman–Crippen MR) is 82.1 cm³/mol. The summed E-state index contributed by atoms with van der Waals surface area (Å²) >= 11 is 0. The van der Waals surface area contributed by atoms with Crippen molar-refractivity contribution >= 4 is 0 Å². The Morgan fingerprint density at radius 3 is 2.95 bits per heavy atom. The van der Waals surface area contributed by atoms with Gasteiger partial charge in [0.25, 0.3) is 0 Å². The van der Waals surface area contributed by atoms with Crippen molar-refractivity contribution in [1.29, 1.82) is 0 Å². The second-order valence-electron chi connectivity index (χ2n) is 6.56. The largest absolute Gasteiger partial charge is 0.497 e. The first-order chi connectivity index (χ1) is 10.3. The zero-order chi connectivity index (χ0) is 14.2. The zero-order valence-electron chi connectivity index (χ0n) is 12.7. The van der Waals surface area contributed by atoms with Gasteiger partial charge in [-0.05, 0) is 37.3 Å². The van der Waals surface area contributed by atoms with Crippen molar-refractivity contribution < 1.29 is 9.47 Å². The number of likely N-dealkylation sites (tertiary alicyclic amines) is 1. The molecule has 2 atom stereocenters. The number of fused-ring (bicyclic) bond motifs is 1. The van der Waals surface area contributed by atoms with Crippen molar-refractivity contribution in [3.8, 4) is 11.5 Å². The number of nitrogens with one attached hydrogen (secondary N) is 1. The molecule has 0 bridgehead atoms. The molecule has 2 fully saturated rings. The third-order valence-electron chi connectivity index (χ3n) is 4.94. The molecule has 3 aliphatic rings. The minimum absolute atomic E-state index is 0.440. The van der Waals surface area contributed by atoms with E-state index in [4.69, 9.17) is 9.47 Å². The second-order valence-corrected chi connectivity index (χ2v) is 6.56. The molecule has 1 saturated carbocycles. The summed E-state index contributed by atoms with van der Waals surface area (Å²) in [5.41, 5.74) is 1.29. The third-order valence-corrected chi connectivity index (χ3v) is 4.94. The van der Waals surface area contributed by atoms with Crippen molar-refractivity contribution in [3.63, 3.8) is 0 Å². The van der Waals surface area contributed by atoms with Crippen LogP contribution in [0.15, 0.2) is 18.2 Å². The fourth-order valence-electron chi connectivity index (χ4n) is 3.61. The van der Waals surface area contributed by atoms with Crippen LogP contribution >= 0.6 is 0 Å². The van der Waals surface area contributed by atoms with E-state index in [2.05, 4.69) is 16.3 Å². The molecule has 0 spiro atoms. The molecular formula is C17H24N2O2. The highest BCUT2D eigenvalue weighted by atomic mass is 16.5. The Morgan fingerprint density at radius 1 is 1.24 bits per heavy atom. The van der Waals surface area contributed by atoms with E-state index in [-0.39, 0.29) is 0 Å². The molecule has 21 heavy (non-hydrogen) atoms. The van der Waals surface area contributed by atoms with E-state index in [0.29, 0.717) is 12.1 Å². The van der Waals surface area contributed by atoms with E-state index in [1.807, 2.05) is 12.1 Å². The Bertz CT molecular complexity index is 516. The van der Waals surface area contributed by atoms with Gasteiger partial charge in [0.1, 0.15) is 18.1 Å². The fraction of sp³-hybridized carbons (Fsp3) is 0.647. The van der Waals surface area contributed by atoms with E-state index < -0.39 is 0 Å². The number of benzene rings is 1. The van der Waals surface area contributed by atoms with Gasteiger partial charge in [-0.2, -0.15) is 0 Å². The summed E-state index contributed by atoms with van der Waals surface area (Å²) in [5.74, 6) is 1.86. The quantitative estimate of drug-likeness (QED) is 0.916. The Balaban J connectivity index is 1.35. The highest BCUT2D eigenvalue weighted by Gasteiger charge is 2.35. The molecular weight excluding hydrogens is 264 g/mol. The molecule has 2 unspecified atom stereocenters. The summed E-state index contributed by atoms with van der Waals surface area (Å²) in [6, 6.07) is 8.12. The minimum atomic E-state index is 0.440. The predicted octanol–water partition coefficient (Wildman–Crippen LogP) is 1.82. The summed E-state index contributed by atoms with van der Waals surface area (Å²) in [6.07, 6.45) is 5.16. The smallest absolute Gasteiger partial charge is 0.126 e. The van der Waals surface area contributed by atoms with Crippen molar-refractivity contribution in [2.24, 2.45) is 0 Å². The molecule has 2 aliphatic heterocycles. The zero-order valence-corrected chi connectivity index (χ0v) is 12.7. The lowest BCUT2D eigenvalue weighted by Gasteiger charge is -2.29. The van der Waals surface area contributed by atoms with E-state index >= 15 is 0 Å². The van der Waals surface area contributed by atoms with Gasteiger partial charge >= 0.3 is 0 Å². The average Bonchev–Trinajstić information content (AvgIpc) is 3.27. The number of hydrogen-bond donors (Lipinski definition) is 1. The summed E-state index contributed by atoms with van der Waals surface area (Å²) < 4.78 is 11.2. The Labute approximate surface area is 126 Å². The number of rotatable bonds is 4. The van der Waals surface area contributed by atoms with Gasteiger partial charge in [0.2, 0.25) is 0 Å². The molecule has 1 aliphatic carbocycles. The first-order valence-electron chi connectivity index (χ1n) is 8.11. The van der Waals surface area contributed by atoms with Crippen molar-refractivity contribution in [2.75, 3.05) is 26.8 Å². The molecule has 0 radical (unpaired) electrons. The maximum atomic E-state index is 5.92. The molecule has 1 aromatic rings. The summed E-state index contributed by atoms with van der Waals surface area (Å²) in [7, 11) is 1.70. The highest BCUT2D eigenvalue weighted by Crippen LogP contribution is 2.31. The van der Waals surface area contributed by atoms with Crippen LogP contribution in [0, 0.1) is 0 Å². The molecule has 1 N–H and O–H groups in total. The van der Waals surface area contributed by atoms with Gasteiger partial charge in [-0.1, -0.05) is 6.07 Å². The topological polar surface area (TPSA) is 33.7 Å². The Morgan fingerprint density at radius 2 is 2.14 bits per heavy atom. The van der Waals surface area contributed by atoms with Crippen LogP contribution in [0.4, 0.5) is 0 Å². The monoisotopic (exact) mass is 288 g/mol. The Kier molecular flexibility index (Phi) is 3.51. The molecule has 0 amide bonds. The van der Waals surface area contributed by atoms with Gasteiger partial charge in [0.05, 0.1) is 7.11 Å². The van der Waals surface area contributed by atoms with Crippen LogP contribution in [0.5, 0.6) is 11.5 Å². The van der Waals surface area contributed by atoms with Gasteiger partial charge < -0.3 is 14.8 Å². The van der Waals surface area contributed by atoms with Crippen molar-refractivity contribution in [1.82, 2.24) is 10.2 Å². The molecule has 4 rings (SSSR count). The lowest BCUT2D eigenvalue weighted by Crippen LogP contribution is -2.46. The molecule has 1 aromatic carbocycles. The summed E-state index contributed by atoms with van der Waals surface area (Å²) in [5, 5.41) is 3.80. The molecule has 114 valence electrons. The molecule has 1 saturated heterocycles. The van der Waals surface area contributed by atoms with Gasteiger partial charge in [-0.15, -0.1) is 0 Å². The van der Waals surface area contributed by atoms with Gasteiger partial charge in [0, 0.05) is 37.3 Å².